The molecule has 2 aromatic rings. The average molecular weight is 304 g/mol. The van der Waals surface area contributed by atoms with Gasteiger partial charge in [-0.2, -0.15) is 0 Å². The zero-order valence-corrected chi connectivity index (χ0v) is 13.1. The molecule has 0 spiro atoms. The molecule has 0 amide bonds. The van der Waals surface area contributed by atoms with Gasteiger partial charge >= 0.3 is 0 Å². The number of benzene rings is 2. The van der Waals surface area contributed by atoms with Gasteiger partial charge in [-0.25, -0.2) is 0 Å². The lowest BCUT2D eigenvalue weighted by Gasteiger charge is -2.09. The lowest BCUT2D eigenvalue weighted by Crippen LogP contribution is -2.15. The standard InChI is InChI=1S/C17H18ClNS/c1-12-4-2-3-5-16(12)20-17-9-6-13(10-15(17)18)11-19-14-7-8-14/h2-6,9-10,14,19H,7-8,11H2,1H3. The Balaban J connectivity index is 1.71. The van der Waals surface area contributed by atoms with Crippen LogP contribution in [-0.4, -0.2) is 6.04 Å². The summed E-state index contributed by atoms with van der Waals surface area (Å²) >= 11 is 8.15. The summed E-state index contributed by atoms with van der Waals surface area (Å²) in [6.07, 6.45) is 2.63. The van der Waals surface area contributed by atoms with Crippen LogP contribution in [0.15, 0.2) is 52.3 Å². The number of halogens is 1. The van der Waals surface area contributed by atoms with Crippen LogP contribution in [0, 0.1) is 6.92 Å². The minimum Gasteiger partial charge on any atom is -0.310 e. The highest BCUT2D eigenvalue weighted by Crippen LogP contribution is 2.35. The number of rotatable bonds is 5. The van der Waals surface area contributed by atoms with Gasteiger partial charge in [0.2, 0.25) is 0 Å². The first-order chi connectivity index (χ1) is 9.72. The molecule has 3 rings (SSSR count). The quantitative estimate of drug-likeness (QED) is 0.829. The van der Waals surface area contributed by atoms with Crippen molar-refractivity contribution >= 4 is 23.4 Å². The summed E-state index contributed by atoms with van der Waals surface area (Å²) in [4.78, 5) is 2.38. The second-order valence-electron chi connectivity index (χ2n) is 5.29. The molecule has 0 unspecified atom stereocenters. The van der Waals surface area contributed by atoms with Crippen LogP contribution < -0.4 is 5.32 Å². The molecule has 1 nitrogen and oxygen atoms in total. The van der Waals surface area contributed by atoms with Crippen molar-refractivity contribution in [2.24, 2.45) is 0 Å². The minimum atomic E-state index is 0.731. The van der Waals surface area contributed by atoms with Crippen molar-refractivity contribution in [3.8, 4) is 0 Å². The molecule has 0 aromatic heterocycles. The maximum atomic E-state index is 6.41. The van der Waals surface area contributed by atoms with Crippen LogP contribution in [0.2, 0.25) is 5.02 Å². The lowest BCUT2D eigenvalue weighted by molar-refractivity contribution is 0.687. The molecule has 3 heteroatoms. The normalized spacial score (nSPS) is 14.5. The summed E-state index contributed by atoms with van der Waals surface area (Å²) in [6.45, 7) is 3.05. The van der Waals surface area contributed by atoms with Crippen LogP contribution in [-0.2, 0) is 6.54 Å². The molecule has 20 heavy (non-hydrogen) atoms. The van der Waals surface area contributed by atoms with E-state index in [-0.39, 0.29) is 0 Å². The van der Waals surface area contributed by atoms with E-state index in [1.54, 1.807) is 11.8 Å². The van der Waals surface area contributed by atoms with E-state index in [4.69, 9.17) is 11.6 Å². The van der Waals surface area contributed by atoms with E-state index in [9.17, 15) is 0 Å². The first kappa shape index (κ1) is 14.0. The largest absolute Gasteiger partial charge is 0.310 e. The van der Waals surface area contributed by atoms with Gasteiger partial charge in [-0.1, -0.05) is 47.6 Å². The van der Waals surface area contributed by atoms with E-state index in [2.05, 4.69) is 54.7 Å². The number of aryl methyl sites for hydroxylation is 1. The molecular weight excluding hydrogens is 286 g/mol. The number of nitrogens with one attached hydrogen (secondary N) is 1. The third kappa shape index (κ3) is 3.57. The monoisotopic (exact) mass is 303 g/mol. The third-order valence-electron chi connectivity index (χ3n) is 3.48. The summed E-state index contributed by atoms with van der Waals surface area (Å²) in [7, 11) is 0. The minimum absolute atomic E-state index is 0.731. The molecule has 1 aliphatic rings. The van der Waals surface area contributed by atoms with Crippen molar-refractivity contribution < 1.29 is 0 Å². The fraction of sp³-hybridized carbons (Fsp3) is 0.294. The van der Waals surface area contributed by atoms with E-state index in [0.717, 1.165) is 22.5 Å². The van der Waals surface area contributed by atoms with Crippen LogP contribution >= 0.6 is 23.4 Å². The van der Waals surface area contributed by atoms with Crippen molar-refractivity contribution in [3.05, 3.63) is 58.6 Å². The Labute approximate surface area is 129 Å². The Kier molecular flexibility index (Phi) is 4.35. The molecule has 0 saturated heterocycles. The van der Waals surface area contributed by atoms with Crippen molar-refractivity contribution in [2.75, 3.05) is 0 Å². The Morgan fingerprint density at radius 1 is 1.15 bits per heavy atom. The van der Waals surface area contributed by atoms with E-state index >= 15 is 0 Å². The molecule has 1 aliphatic carbocycles. The fourth-order valence-electron chi connectivity index (χ4n) is 2.08. The van der Waals surface area contributed by atoms with Crippen LogP contribution in [0.1, 0.15) is 24.0 Å². The molecular formula is C17H18ClNS. The molecule has 1 N–H and O–H groups in total. The smallest absolute Gasteiger partial charge is 0.0548 e. The molecule has 1 fully saturated rings. The van der Waals surface area contributed by atoms with Crippen molar-refractivity contribution in [2.45, 2.75) is 42.1 Å². The Morgan fingerprint density at radius 2 is 1.95 bits per heavy atom. The highest BCUT2D eigenvalue weighted by atomic mass is 35.5. The fourth-order valence-corrected chi connectivity index (χ4v) is 3.30. The second kappa shape index (κ2) is 6.21. The maximum Gasteiger partial charge on any atom is 0.0548 e. The van der Waals surface area contributed by atoms with E-state index in [0.29, 0.717) is 0 Å². The molecule has 0 atom stereocenters. The van der Waals surface area contributed by atoms with Gasteiger partial charge < -0.3 is 5.32 Å². The van der Waals surface area contributed by atoms with E-state index in [1.165, 1.54) is 28.9 Å². The summed E-state index contributed by atoms with van der Waals surface area (Å²) < 4.78 is 0. The molecule has 0 heterocycles. The number of hydrogen-bond donors (Lipinski definition) is 1. The molecule has 2 aromatic carbocycles. The first-order valence-corrected chi connectivity index (χ1v) is 8.17. The Bertz CT molecular complexity index is 608. The van der Waals surface area contributed by atoms with Gasteiger partial charge in [0.1, 0.15) is 0 Å². The maximum absolute atomic E-state index is 6.41. The second-order valence-corrected chi connectivity index (χ2v) is 6.78. The summed E-state index contributed by atoms with van der Waals surface area (Å²) in [6, 6.07) is 15.5. The van der Waals surface area contributed by atoms with Gasteiger partial charge in [-0.05, 0) is 49.1 Å². The third-order valence-corrected chi connectivity index (χ3v) is 5.16. The van der Waals surface area contributed by atoms with Crippen LogP contribution in [0.5, 0.6) is 0 Å². The first-order valence-electron chi connectivity index (χ1n) is 6.97. The van der Waals surface area contributed by atoms with Gasteiger partial charge in [-0.3, -0.25) is 0 Å². The van der Waals surface area contributed by atoms with Gasteiger partial charge in [0.25, 0.3) is 0 Å². The zero-order chi connectivity index (χ0) is 13.9. The molecule has 0 radical (unpaired) electrons. The summed E-state index contributed by atoms with van der Waals surface area (Å²) in [5.74, 6) is 0. The summed E-state index contributed by atoms with van der Waals surface area (Å²) in [5.41, 5.74) is 2.55. The molecule has 0 aliphatic heterocycles. The van der Waals surface area contributed by atoms with Gasteiger partial charge in [0, 0.05) is 22.4 Å². The highest BCUT2D eigenvalue weighted by Gasteiger charge is 2.20. The predicted octanol–water partition coefficient (Wildman–Crippen LogP) is 5.05. The molecule has 1 saturated carbocycles. The van der Waals surface area contributed by atoms with Crippen molar-refractivity contribution in [1.29, 1.82) is 0 Å². The van der Waals surface area contributed by atoms with Gasteiger partial charge in [0.15, 0.2) is 0 Å². The van der Waals surface area contributed by atoms with Crippen molar-refractivity contribution in [3.63, 3.8) is 0 Å². The molecule has 0 bridgehead atoms. The van der Waals surface area contributed by atoms with Crippen LogP contribution in [0.25, 0.3) is 0 Å². The summed E-state index contributed by atoms with van der Waals surface area (Å²) in [5, 5.41) is 4.35. The predicted molar refractivity (Wildman–Crippen MR) is 86.6 cm³/mol. The average Bonchev–Trinajstić information content (AvgIpc) is 3.26. The van der Waals surface area contributed by atoms with Gasteiger partial charge in [0.05, 0.1) is 5.02 Å². The topological polar surface area (TPSA) is 12.0 Å². The van der Waals surface area contributed by atoms with Crippen LogP contribution in [0.3, 0.4) is 0 Å². The molecule has 104 valence electrons. The lowest BCUT2D eigenvalue weighted by atomic mass is 10.2. The van der Waals surface area contributed by atoms with Crippen molar-refractivity contribution in [1.82, 2.24) is 5.32 Å². The Morgan fingerprint density at radius 3 is 2.65 bits per heavy atom. The van der Waals surface area contributed by atoms with Crippen LogP contribution in [0.4, 0.5) is 0 Å². The van der Waals surface area contributed by atoms with E-state index < -0.39 is 0 Å². The van der Waals surface area contributed by atoms with E-state index in [1.807, 2.05) is 0 Å². The van der Waals surface area contributed by atoms with Gasteiger partial charge in [-0.15, -0.1) is 0 Å². The SMILES string of the molecule is Cc1ccccc1Sc1ccc(CNC2CC2)cc1Cl. The number of hydrogen-bond acceptors (Lipinski definition) is 2. The highest BCUT2D eigenvalue weighted by molar-refractivity contribution is 7.99. The Hall–Kier alpha value is -0.960. The zero-order valence-electron chi connectivity index (χ0n) is 11.5.